The van der Waals surface area contributed by atoms with E-state index in [1.807, 2.05) is 18.2 Å². The predicted molar refractivity (Wildman–Crippen MR) is 126 cm³/mol. The van der Waals surface area contributed by atoms with E-state index in [2.05, 4.69) is 22.4 Å². The molecule has 0 aliphatic heterocycles. The Kier molecular flexibility index (Phi) is 8.37. The minimum atomic E-state index is -0.505. The monoisotopic (exact) mass is 455 g/mol. The molecule has 3 aromatic rings. The van der Waals surface area contributed by atoms with Gasteiger partial charge in [0.15, 0.2) is 5.13 Å². The highest BCUT2D eigenvalue weighted by molar-refractivity contribution is 7.98. The van der Waals surface area contributed by atoms with Gasteiger partial charge in [0.25, 0.3) is 0 Å². The predicted octanol–water partition coefficient (Wildman–Crippen LogP) is 5.03. The molecule has 1 N–H and O–H groups in total. The van der Waals surface area contributed by atoms with Gasteiger partial charge >= 0.3 is 0 Å². The lowest BCUT2D eigenvalue weighted by molar-refractivity contribution is -0.117. The maximum Gasteiger partial charge on any atom is 0.244 e. The zero-order valence-electron chi connectivity index (χ0n) is 17.0. The summed E-state index contributed by atoms with van der Waals surface area (Å²) in [5, 5.41) is 4.89. The minimum Gasteiger partial charge on any atom is -0.352 e. The number of thioether (sulfide) groups is 1. The highest BCUT2D eigenvalue weighted by Crippen LogP contribution is 2.30. The summed E-state index contributed by atoms with van der Waals surface area (Å²) >= 11 is 2.96. The van der Waals surface area contributed by atoms with E-state index < -0.39 is 5.82 Å². The van der Waals surface area contributed by atoms with Crippen molar-refractivity contribution in [2.24, 2.45) is 0 Å². The van der Waals surface area contributed by atoms with E-state index in [9.17, 15) is 14.0 Å². The summed E-state index contributed by atoms with van der Waals surface area (Å²) in [6.07, 6.45) is 2.98. The molecule has 0 bridgehead atoms. The molecule has 5 nitrogen and oxygen atoms in total. The third-order valence-electron chi connectivity index (χ3n) is 4.17. The molecule has 2 amide bonds. The Balaban J connectivity index is 1.50. The first-order valence-electron chi connectivity index (χ1n) is 9.63. The summed E-state index contributed by atoms with van der Waals surface area (Å²) in [6, 6.07) is 16.2. The summed E-state index contributed by atoms with van der Waals surface area (Å²) in [4.78, 5) is 29.7. The SMILES string of the molecule is CC(=O)N(c1nc(/C=C/C(=O)NCCSCc2ccccc2)cs1)c1ccccc1F. The number of nitrogens with one attached hydrogen (secondary N) is 1. The first-order valence-corrected chi connectivity index (χ1v) is 11.7. The Morgan fingerprint density at radius 2 is 1.90 bits per heavy atom. The molecule has 0 aliphatic carbocycles. The lowest BCUT2D eigenvalue weighted by Gasteiger charge is -2.18. The minimum absolute atomic E-state index is 0.144. The Bertz CT molecular complexity index is 1050. The van der Waals surface area contributed by atoms with E-state index in [1.54, 1.807) is 35.4 Å². The second-order valence-corrected chi connectivity index (χ2v) is 8.47. The number of nitrogens with zero attached hydrogens (tertiary/aromatic N) is 2. The van der Waals surface area contributed by atoms with Gasteiger partial charge in [0.1, 0.15) is 5.82 Å². The fraction of sp³-hybridized carbons (Fsp3) is 0.174. The summed E-state index contributed by atoms with van der Waals surface area (Å²) in [5.74, 6) is 0.650. The van der Waals surface area contributed by atoms with Crippen molar-refractivity contribution in [2.75, 3.05) is 17.2 Å². The lowest BCUT2D eigenvalue weighted by Crippen LogP contribution is -2.23. The highest BCUT2D eigenvalue weighted by Gasteiger charge is 2.20. The summed E-state index contributed by atoms with van der Waals surface area (Å²) < 4.78 is 14.1. The van der Waals surface area contributed by atoms with Crippen molar-refractivity contribution in [1.29, 1.82) is 0 Å². The van der Waals surface area contributed by atoms with Crippen molar-refractivity contribution < 1.29 is 14.0 Å². The second kappa shape index (κ2) is 11.4. The number of carbonyl (C=O) groups is 2. The summed E-state index contributed by atoms with van der Waals surface area (Å²) in [5.41, 5.74) is 1.93. The van der Waals surface area contributed by atoms with Gasteiger partial charge in [-0.1, -0.05) is 42.5 Å². The number of para-hydroxylation sites is 1. The first-order chi connectivity index (χ1) is 15.0. The smallest absolute Gasteiger partial charge is 0.244 e. The molecule has 0 atom stereocenters. The Hall–Kier alpha value is -2.97. The number of rotatable bonds is 9. The zero-order chi connectivity index (χ0) is 22.1. The fourth-order valence-electron chi connectivity index (χ4n) is 2.73. The van der Waals surface area contributed by atoms with Crippen LogP contribution in [0.4, 0.5) is 15.2 Å². The Morgan fingerprint density at radius 1 is 1.16 bits per heavy atom. The van der Waals surface area contributed by atoms with Gasteiger partial charge in [0.05, 0.1) is 11.4 Å². The zero-order valence-corrected chi connectivity index (χ0v) is 18.6. The van der Waals surface area contributed by atoms with Crippen LogP contribution in [0.1, 0.15) is 18.2 Å². The molecule has 160 valence electrons. The molecular formula is C23H22FN3O2S2. The number of aromatic nitrogens is 1. The van der Waals surface area contributed by atoms with Gasteiger partial charge in [-0.2, -0.15) is 11.8 Å². The van der Waals surface area contributed by atoms with Crippen LogP contribution >= 0.6 is 23.1 Å². The standard InChI is InChI=1S/C23H22FN3O2S2/c1-17(28)27(21-10-6-5-9-20(21)24)23-26-19(16-31-23)11-12-22(29)25-13-14-30-15-18-7-3-2-4-8-18/h2-12,16H,13-15H2,1H3,(H,25,29)/b12-11+. The molecule has 31 heavy (non-hydrogen) atoms. The fourth-order valence-corrected chi connectivity index (χ4v) is 4.39. The average Bonchev–Trinajstić information content (AvgIpc) is 3.22. The van der Waals surface area contributed by atoms with Crippen LogP contribution in [-0.4, -0.2) is 29.1 Å². The number of hydrogen-bond donors (Lipinski definition) is 1. The molecule has 0 fully saturated rings. The number of halogens is 1. The quantitative estimate of drug-likeness (QED) is 0.363. The van der Waals surface area contributed by atoms with Crippen LogP contribution in [-0.2, 0) is 15.3 Å². The van der Waals surface area contributed by atoms with Crippen LogP contribution in [0.25, 0.3) is 6.08 Å². The summed E-state index contributed by atoms with van der Waals surface area (Å²) in [6.45, 7) is 1.92. The van der Waals surface area contributed by atoms with Crippen LogP contribution in [0.3, 0.4) is 0 Å². The number of amides is 2. The van der Waals surface area contributed by atoms with Gasteiger partial charge in [-0.25, -0.2) is 9.37 Å². The molecule has 1 heterocycles. The molecule has 0 spiro atoms. The second-order valence-electron chi connectivity index (χ2n) is 6.52. The van der Waals surface area contributed by atoms with Gasteiger partial charge < -0.3 is 5.32 Å². The third kappa shape index (κ3) is 6.77. The largest absolute Gasteiger partial charge is 0.352 e. The number of anilines is 2. The number of thiazole rings is 1. The normalized spacial score (nSPS) is 10.9. The number of carbonyl (C=O) groups excluding carboxylic acids is 2. The van der Waals surface area contributed by atoms with Gasteiger partial charge in [0, 0.05) is 36.4 Å². The van der Waals surface area contributed by atoms with Crippen LogP contribution in [0.5, 0.6) is 0 Å². The topological polar surface area (TPSA) is 62.3 Å². The van der Waals surface area contributed by atoms with Crippen molar-refractivity contribution in [2.45, 2.75) is 12.7 Å². The molecule has 0 unspecified atom stereocenters. The molecule has 0 aliphatic rings. The number of benzene rings is 2. The van der Waals surface area contributed by atoms with E-state index in [1.165, 1.54) is 46.9 Å². The van der Waals surface area contributed by atoms with E-state index in [-0.39, 0.29) is 17.5 Å². The van der Waals surface area contributed by atoms with Crippen molar-refractivity contribution in [3.63, 3.8) is 0 Å². The molecule has 0 saturated heterocycles. The van der Waals surface area contributed by atoms with E-state index in [0.29, 0.717) is 17.4 Å². The van der Waals surface area contributed by atoms with Crippen LogP contribution < -0.4 is 10.2 Å². The van der Waals surface area contributed by atoms with Gasteiger partial charge in [0.2, 0.25) is 11.8 Å². The molecule has 0 saturated carbocycles. The van der Waals surface area contributed by atoms with E-state index in [4.69, 9.17) is 0 Å². The van der Waals surface area contributed by atoms with Gasteiger partial charge in [-0.15, -0.1) is 11.3 Å². The van der Waals surface area contributed by atoms with Crippen LogP contribution in [0, 0.1) is 5.82 Å². The molecule has 8 heteroatoms. The van der Waals surface area contributed by atoms with Crippen molar-refractivity contribution in [3.05, 3.63) is 83.1 Å². The molecular weight excluding hydrogens is 433 g/mol. The first kappa shape index (κ1) is 22.7. The van der Waals surface area contributed by atoms with E-state index in [0.717, 1.165) is 11.5 Å². The maximum atomic E-state index is 14.1. The third-order valence-corrected chi connectivity index (χ3v) is 6.05. The van der Waals surface area contributed by atoms with Crippen molar-refractivity contribution in [3.8, 4) is 0 Å². The highest BCUT2D eigenvalue weighted by atomic mass is 32.2. The van der Waals surface area contributed by atoms with E-state index >= 15 is 0 Å². The number of hydrogen-bond acceptors (Lipinski definition) is 5. The van der Waals surface area contributed by atoms with Crippen molar-refractivity contribution >= 4 is 51.8 Å². The molecule has 3 rings (SSSR count). The Morgan fingerprint density at radius 3 is 2.65 bits per heavy atom. The van der Waals surface area contributed by atoms with Gasteiger partial charge in [-0.3, -0.25) is 14.5 Å². The lowest BCUT2D eigenvalue weighted by atomic mass is 10.2. The molecule has 0 radical (unpaired) electrons. The molecule has 1 aromatic heterocycles. The average molecular weight is 456 g/mol. The van der Waals surface area contributed by atoms with Crippen LogP contribution in [0.2, 0.25) is 0 Å². The molecule has 2 aromatic carbocycles. The van der Waals surface area contributed by atoms with Crippen molar-refractivity contribution in [1.82, 2.24) is 10.3 Å². The summed E-state index contributed by atoms with van der Waals surface area (Å²) in [7, 11) is 0. The Labute approximate surface area is 189 Å². The van der Waals surface area contributed by atoms with Gasteiger partial charge in [-0.05, 0) is 23.8 Å². The van der Waals surface area contributed by atoms with Crippen LogP contribution in [0.15, 0.2) is 66.1 Å². The maximum absolute atomic E-state index is 14.1.